The molecule has 0 spiro atoms. The molecule has 0 aliphatic carbocycles. The van der Waals surface area contributed by atoms with Gasteiger partial charge in [-0.25, -0.2) is 4.39 Å². The van der Waals surface area contributed by atoms with E-state index in [0.717, 1.165) is 25.0 Å². The highest BCUT2D eigenvalue weighted by atomic mass is 19.1. The van der Waals surface area contributed by atoms with Crippen molar-refractivity contribution < 1.29 is 9.18 Å². The second kappa shape index (κ2) is 7.45. The maximum absolute atomic E-state index is 13.4. The predicted octanol–water partition coefficient (Wildman–Crippen LogP) is 3.64. The highest BCUT2D eigenvalue weighted by molar-refractivity contribution is 5.98. The number of nitrogens with zero attached hydrogens (tertiary/aromatic N) is 3. The Kier molecular flexibility index (Phi) is 4.86. The lowest BCUT2D eigenvalue weighted by Crippen LogP contribution is -2.48. The van der Waals surface area contributed by atoms with Gasteiger partial charge in [0.1, 0.15) is 5.82 Å². The normalized spacial score (nSPS) is 15.3. The number of hydrogen-bond donors (Lipinski definition) is 0. The van der Waals surface area contributed by atoms with E-state index in [-0.39, 0.29) is 11.7 Å². The fourth-order valence-corrected chi connectivity index (χ4v) is 3.57. The van der Waals surface area contributed by atoms with Crippen LogP contribution in [0.25, 0.3) is 10.9 Å². The Balaban J connectivity index is 1.45. The summed E-state index contributed by atoms with van der Waals surface area (Å²) >= 11 is 0. The summed E-state index contributed by atoms with van der Waals surface area (Å²) in [7, 11) is 0. The molecule has 2 aromatic carbocycles. The van der Waals surface area contributed by atoms with Crippen molar-refractivity contribution >= 4 is 16.8 Å². The fourth-order valence-electron chi connectivity index (χ4n) is 3.57. The zero-order chi connectivity index (χ0) is 18.8. The van der Waals surface area contributed by atoms with Gasteiger partial charge in [0.15, 0.2) is 0 Å². The molecule has 4 nitrogen and oxygen atoms in total. The van der Waals surface area contributed by atoms with E-state index in [1.807, 2.05) is 24.0 Å². The van der Waals surface area contributed by atoms with Crippen molar-refractivity contribution in [2.24, 2.45) is 0 Å². The highest BCUT2D eigenvalue weighted by Gasteiger charge is 2.24. The smallest absolute Gasteiger partial charge is 0.255 e. The number of hydrogen-bond acceptors (Lipinski definition) is 3. The van der Waals surface area contributed by atoms with E-state index in [2.05, 4.69) is 34.1 Å². The van der Waals surface area contributed by atoms with Gasteiger partial charge >= 0.3 is 0 Å². The maximum Gasteiger partial charge on any atom is 0.255 e. The van der Waals surface area contributed by atoms with Crippen LogP contribution in [0.5, 0.6) is 0 Å². The van der Waals surface area contributed by atoms with Crippen LogP contribution in [-0.2, 0) is 6.54 Å². The molecular formula is C22H22FN3O. The Labute approximate surface area is 158 Å². The van der Waals surface area contributed by atoms with Gasteiger partial charge in [-0.1, -0.05) is 30.3 Å². The Hall–Kier alpha value is -2.79. The third-order valence-electron chi connectivity index (χ3n) is 5.11. The van der Waals surface area contributed by atoms with Gasteiger partial charge in [0, 0.05) is 44.2 Å². The minimum Gasteiger partial charge on any atom is -0.336 e. The average Bonchev–Trinajstić information content (AvgIpc) is 2.68. The number of carbonyl (C=O) groups is 1. The summed E-state index contributed by atoms with van der Waals surface area (Å²) < 4.78 is 13.4. The molecular weight excluding hydrogens is 341 g/mol. The Morgan fingerprint density at radius 1 is 1.04 bits per heavy atom. The summed E-state index contributed by atoms with van der Waals surface area (Å²) in [5.74, 6) is -0.311. The molecule has 5 heteroatoms. The van der Waals surface area contributed by atoms with Crippen molar-refractivity contribution in [3.05, 3.63) is 77.2 Å². The minimum atomic E-state index is -0.317. The van der Waals surface area contributed by atoms with E-state index < -0.39 is 0 Å². The lowest BCUT2D eigenvalue weighted by Gasteiger charge is -2.35. The van der Waals surface area contributed by atoms with E-state index >= 15 is 0 Å². The summed E-state index contributed by atoms with van der Waals surface area (Å²) in [5.41, 5.74) is 3.12. The van der Waals surface area contributed by atoms with E-state index in [1.54, 1.807) is 6.07 Å². The number of aryl methyl sites for hydroxylation is 1. The van der Waals surface area contributed by atoms with Gasteiger partial charge in [0.05, 0.1) is 16.8 Å². The third kappa shape index (κ3) is 3.83. The standard InChI is InChI=1S/C22H22FN3O/c1-16-20(13-18-7-8-19(23)14-21(18)24-16)22(27)26-11-9-25(10-12-26)15-17-5-3-2-4-6-17/h2-8,13-14H,9-12,15H2,1H3. The second-order valence-corrected chi connectivity index (χ2v) is 7.01. The number of halogens is 1. The number of piperazine rings is 1. The van der Waals surface area contributed by atoms with Gasteiger partial charge in [-0.15, -0.1) is 0 Å². The topological polar surface area (TPSA) is 36.4 Å². The van der Waals surface area contributed by atoms with Crippen molar-refractivity contribution in [1.29, 1.82) is 0 Å². The number of rotatable bonds is 3. The molecule has 1 fully saturated rings. The third-order valence-corrected chi connectivity index (χ3v) is 5.11. The molecule has 1 aliphatic rings. The molecule has 2 heterocycles. The van der Waals surface area contributed by atoms with Crippen molar-refractivity contribution in [2.45, 2.75) is 13.5 Å². The quantitative estimate of drug-likeness (QED) is 0.713. The van der Waals surface area contributed by atoms with Gasteiger partial charge in [0.25, 0.3) is 5.91 Å². The number of pyridine rings is 1. The average molecular weight is 363 g/mol. The van der Waals surface area contributed by atoms with Crippen LogP contribution in [0.4, 0.5) is 4.39 Å². The summed E-state index contributed by atoms with van der Waals surface area (Å²) in [6, 6.07) is 16.7. The van der Waals surface area contributed by atoms with Gasteiger partial charge < -0.3 is 4.90 Å². The van der Waals surface area contributed by atoms with Crippen molar-refractivity contribution in [3.63, 3.8) is 0 Å². The summed E-state index contributed by atoms with van der Waals surface area (Å²) in [6.45, 7) is 5.82. The largest absolute Gasteiger partial charge is 0.336 e. The van der Waals surface area contributed by atoms with E-state index in [0.29, 0.717) is 29.9 Å². The second-order valence-electron chi connectivity index (χ2n) is 7.01. The first-order valence-corrected chi connectivity index (χ1v) is 9.22. The van der Waals surface area contributed by atoms with Crippen molar-refractivity contribution in [1.82, 2.24) is 14.8 Å². The fraction of sp³-hybridized carbons (Fsp3) is 0.273. The summed E-state index contributed by atoms with van der Waals surface area (Å²) in [6.07, 6.45) is 0. The van der Waals surface area contributed by atoms with Gasteiger partial charge in [-0.05, 0) is 30.7 Å². The van der Waals surface area contributed by atoms with Gasteiger partial charge in [0.2, 0.25) is 0 Å². The maximum atomic E-state index is 13.4. The molecule has 0 saturated carbocycles. The van der Waals surface area contributed by atoms with E-state index in [9.17, 15) is 9.18 Å². The molecule has 1 aliphatic heterocycles. The molecule has 0 unspecified atom stereocenters. The molecule has 0 radical (unpaired) electrons. The van der Waals surface area contributed by atoms with Crippen LogP contribution < -0.4 is 0 Å². The van der Waals surface area contributed by atoms with Crippen LogP contribution in [0.15, 0.2) is 54.6 Å². The van der Waals surface area contributed by atoms with Gasteiger partial charge in [-0.2, -0.15) is 0 Å². The molecule has 1 saturated heterocycles. The highest BCUT2D eigenvalue weighted by Crippen LogP contribution is 2.20. The Morgan fingerprint density at radius 2 is 1.78 bits per heavy atom. The van der Waals surface area contributed by atoms with Crippen LogP contribution >= 0.6 is 0 Å². The number of fused-ring (bicyclic) bond motifs is 1. The molecule has 27 heavy (non-hydrogen) atoms. The molecule has 1 aromatic heterocycles. The number of amides is 1. The van der Waals surface area contributed by atoms with E-state index in [4.69, 9.17) is 0 Å². The van der Waals surface area contributed by atoms with Crippen LogP contribution in [0.1, 0.15) is 21.6 Å². The van der Waals surface area contributed by atoms with Crippen molar-refractivity contribution in [3.8, 4) is 0 Å². The van der Waals surface area contributed by atoms with Crippen LogP contribution in [-0.4, -0.2) is 46.9 Å². The number of aromatic nitrogens is 1. The molecule has 1 amide bonds. The van der Waals surface area contributed by atoms with E-state index in [1.165, 1.54) is 17.7 Å². The predicted molar refractivity (Wildman–Crippen MR) is 104 cm³/mol. The van der Waals surface area contributed by atoms with Crippen LogP contribution in [0, 0.1) is 12.7 Å². The zero-order valence-electron chi connectivity index (χ0n) is 15.4. The summed E-state index contributed by atoms with van der Waals surface area (Å²) in [5, 5.41) is 0.785. The van der Waals surface area contributed by atoms with Crippen LogP contribution in [0.3, 0.4) is 0 Å². The van der Waals surface area contributed by atoms with Gasteiger partial charge in [-0.3, -0.25) is 14.7 Å². The number of carbonyl (C=O) groups excluding carboxylic acids is 1. The number of benzene rings is 2. The SMILES string of the molecule is Cc1nc2cc(F)ccc2cc1C(=O)N1CCN(Cc2ccccc2)CC1. The molecule has 0 N–H and O–H groups in total. The molecule has 0 bridgehead atoms. The van der Waals surface area contributed by atoms with Crippen LogP contribution in [0.2, 0.25) is 0 Å². The first kappa shape index (κ1) is 17.6. The lowest BCUT2D eigenvalue weighted by atomic mass is 10.1. The monoisotopic (exact) mass is 363 g/mol. The Morgan fingerprint density at radius 3 is 2.52 bits per heavy atom. The molecule has 138 valence electrons. The lowest BCUT2D eigenvalue weighted by molar-refractivity contribution is 0.0627. The molecule has 3 aromatic rings. The molecule has 4 rings (SSSR count). The van der Waals surface area contributed by atoms with Crippen molar-refractivity contribution in [2.75, 3.05) is 26.2 Å². The first-order chi connectivity index (χ1) is 13.1. The first-order valence-electron chi connectivity index (χ1n) is 9.22. The zero-order valence-corrected chi connectivity index (χ0v) is 15.4. The molecule has 0 atom stereocenters. The summed E-state index contributed by atoms with van der Waals surface area (Å²) in [4.78, 5) is 21.7. The Bertz CT molecular complexity index is 966. The minimum absolute atomic E-state index is 0.00517.